The van der Waals surface area contributed by atoms with Gasteiger partial charge >= 0.3 is 5.97 Å². The van der Waals surface area contributed by atoms with E-state index in [0.717, 1.165) is 11.3 Å². The van der Waals surface area contributed by atoms with Crippen molar-refractivity contribution >= 4 is 5.97 Å². The zero-order chi connectivity index (χ0) is 11.4. The number of carbonyl (C=O) groups is 1. The zero-order valence-corrected chi connectivity index (χ0v) is 8.45. The van der Waals surface area contributed by atoms with E-state index >= 15 is 0 Å². The first-order chi connectivity index (χ1) is 7.75. The van der Waals surface area contributed by atoms with Crippen LogP contribution in [-0.2, 0) is 11.3 Å². The van der Waals surface area contributed by atoms with E-state index in [-0.39, 0.29) is 6.54 Å². The van der Waals surface area contributed by atoms with Crippen molar-refractivity contribution in [2.45, 2.75) is 6.54 Å². The number of aliphatic carboxylic acids is 1. The van der Waals surface area contributed by atoms with E-state index in [1.54, 1.807) is 35.6 Å². The van der Waals surface area contributed by atoms with E-state index in [0.29, 0.717) is 0 Å². The van der Waals surface area contributed by atoms with Gasteiger partial charge in [-0.25, -0.2) is 4.79 Å². The molecule has 5 heteroatoms. The Bertz CT molecular complexity index is 482. The molecule has 0 saturated heterocycles. The molecule has 0 saturated carbocycles. The van der Waals surface area contributed by atoms with E-state index in [1.165, 1.54) is 0 Å². The van der Waals surface area contributed by atoms with Gasteiger partial charge in [0.05, 0.1) is 11.9 Å². The lowest BCUT2D eigenvalue weighted by molar-refractivity contribution is -0.685. The number of nitrogens with zero attached hydrogens (tertiary/aromatic N) is 3. The second-order valence-electron chi connectivity index (χ2n) is 3.24. The molecule has 16 heavy (non-hydrogen) atoms. The number of aromatic nitrogens is 3. The quantitative estimate of drug-likeness (QED) is 0.759. The third kappa shape index (κ3) is 2.38. The van der Waals surface area contributed by atoms with Crippen molar-refractivity contribution in [1.82, 2.24) is 9.97 Å². The Labute approximate surface area is 92.0 Å². The first-order valence-corrected chi connectivity index (χ1v) is 4.73. The Balaban J connectivity index is 2.23. The molecule has 2 heterocycles. The van der Waals surface area contributed by atoms with Crippen molar-refractivity contribution in [3.8, 4) is 11.3 Å². The van der Waals surface area contributed by atoms with Crippen LogP contribution in [0.25, 0.3) is 11.3 Å². The molecule has 5 nitrogen and oxygen atoms in total. The number of carboxylic acid groups (broad SMARTS) is 1. The Morgan fingerprint density at radius 2 is 2.06 bits per heavy atom. The number of pyridine rings is 1. The first kappa shape index (κ1) is 10.2. The van der Waals surface area contributed by atoms with Gasteiger partial charge in [0.2, 0.25) is 6.54 Å². The summed E-state index contributed by atoms with van der Waals surface area (Å²) in [4.78, 5) is 18.6. The lowest BCUT2D eigenvalue weighted by atomic mass is 10.2. The molecular weight excluding hydrogens is 206 g/mol. The molecule has 1 N–H and O–H groups in total. The highest BCUT2D eigenvalue weighted by Gasteiger charge is 2.07. The second kappa shape index (κ2) is 4.48. The average Bonchev–Trinajstić information content (AvgIpc) is 2.30. The molecule has 0 atom stereocenters. The fourth-order valence-electron chi connectivity index (χ4n) is 1.34. The number of carboxylic acids is 1. The summed E-state index contributed by atoms with van der Waals surface area (Å²) in [5, 5.41) is 8.61. The third-order valence-electron chi connectivity index (χ3n) is 2.07. The minimum absolute atomic E-state index is 0.0409. The van der Waals surface area contributed by atoms with Gasteiger partial charge in [-0.05, 0) is 0 Å². The predicted octanol–water partition coefficient (Wildman–Crippen LogP) is 0.516. The average molecular weight is 216 g/mol. The van der Waals surface area contributed by atoms with Crippen LogP contribution in [0.2, 0.25) is 0 Å². The highest BCUT2D eigenvalue weighted by molar-refractivity contribution is 5.64. The molecule has 0 radical (unpaired) electrons. The van der Waals surface area contributed by atoms with Gasteiger partial charge in [0.1, 0.15) is 0 Å². The third-order valence-corrected chi connectivity index (χ3v) is 2.07. The monoisotopic (exact) mass is 216 g/mol. The summed E-state index contributed by atoms with van der Waals surface area (Å²) in [5.74, 6) is -0.864. The predicted molar refractivity (Wildman–Crippen MR) is 55.3 cm³/mol. The van der Waals surface area contributed by atoms with Gasteiger partial charge in [-0.1, -0.05) is 0 Å². The van der Waals surface area contributed by atoms with Crippen LogP contribution in [0, 0.1) is 0 Å². The highest BCUT2D eigenvalue weighted by Crippen LogP contribution is 2.12. The Morgan fingerprint density at radius 1 is 1.31 bits per heavy atom. The minimum atomic E-state index is -0.864. The van der Waals surface area contributed by atoms with Crippen LogP contribution >= 0.6 is 0 Å². The van der Waals surface area contributed by atoms with Gasteiger partial charge in [0.25, 0.3) is 0 Å². The number of hydrogen-bond donors (Lipinski definition) is 1. The maximum Gasteiger partial charge on any atom is 0.370 e. The van der Waals surface area contributed by atoms with Crippen LogP contribution < -0.4 is 4.57 Å². The highest BCUT2D eigenvalue weighted by atomic mass is 16.4. The molecule has 0 aromatic carbocycles. The lowest BCUT2D eigenvalue weighted by Crippen LogP contribution is -2.36. The van der Waals surface area contributed by atoms with Crippen molar-refractivity contribution in [1.29, 1.82) is 0 Å². The Morgan fingerprint density at radius 3 is 2.62 bits per heavy atom. The molecule has 0 unspecified atom stereocenters. The number of rotatable bonds is 3. The summed E-state index contributed by atoms with van der Waals surface area (Å²) >= 11 is 0. The van der Waals surface area contributed by atoms with Crippen molar-refractivity contribution in [3.05, 3.63) is 43.1 Å². The molecule has 0 amide bonds. The van der Waals surface area contributed by atoms with Crippen molar-refractivity contribution < 1.29 is 14.5 Å². The summed E-state index contributed by atoms with van der Waals surface area (Å²) in [6.45, 7) is -0.0409. The van der Waals surface area contributed by atoms with Crippen LogP contribution in [-0.4, -0.2) is 21.0 Å². The summed E-state index contributed by atoms with van der Waals surface area (Å²) in [6.07, 6.45) is 8.30. The minimum Gasteiger partial charge on any atom is -0.477 e. The van der Waals surface area contributed by atoms with E-state index in [1.807, 2.05) is 12.1 Å². The molecule has 2 aromatic heterocycles. The van der Waals surface area contributed by atoms with Gasteiger partial charge in [0.15, 0.2) is 12.4 Å². The van der Waals surface area contributed by atoms with E-state index in [4.69, 9.17) is 5.11 Å². The van der Waals surface area contributed by atoms with E-state index in [2.05, 4.69) is 9.97 Å². The lowest BCUT2D eigenvalue weighted by Gasteiger charge is -1.97. The summed E-state index contributed by atoms with van der Waals surface area (Å²) in [5.41, 5.74) is 1.68. The molecular formula is C11H10N3O2+. The fraction of sp³-hybridized carbons (Fsp3) is 0.0909. The summed E-state index contributed by atoms with van der Waals surface area (Å²) in [7, 11) is 0. The topological polar surface area (TPSA) is 67.0 Å². The Kier molecular flexibility index (Phi) is 2.86. The molecule has 0 bridgehead atoms. The van der Waals surface area contributed by atoms with Crippen molar-refractivity contribution in [2.75, 3.05) is 0 Å². The van der Waals surface area contributed by atoms with Gasteiger partial charge in [-0.15, -0.1) is 0 Å². The molecule has 0 aliphatic rings. The number of hydrogen-bond acceptors (Lipinski definition) is 3. The first-order valence-electron chi connectivity index (χ1n) is 4.73. The zero-order valence-electron chi connectivity index (χ0n) is 8.45. The van der Waals surface area contributed by atoms with Crippen LogP contribution in [0.4, 0.5) is 0 Å². The van der Waals surface area contributed by atoms with Gasteiger partial charge in [-0.3, -0.25) is 9.97 Å². The van der Waals surface area contributed by atoms with Crippen LogP contribution in [0.1, 0.15) is 0 Å². The van der Waals surface area contributed by atoms with Crippen LogP contribution in [0.5, 0.6) is 0 Å². The fourth-order valence-corrected chi connectivity index (χ4v) is 1.34. The maximum absolute atomic E-state index is 10.5. The van der Waals surface area contributed by atoms with Crippen molar-refractivity contribution in [2.24, 2.45) is 0 Å². The molecule has 0 aliphatic carbocycles. The largest absolute Gasteiger partial charge is 0.477 e. The standard InChI is InChI=1S/C11H9N3O2/c15-11(16)8-14-5-1-9(2-6-14)10-7-12-3-4-13-10/h1-7H,8H2/p+1. The summed E-state index contributed by atoms with van der Waals surface area (Å²) in [6, 6.07) is 3.62. The van der Waals surface area contributed by atoms with Gasteiger partial charge in [-0.2, -0.15) is 4.57 Å². The smallest absolute Gasteiger partial charge is 0.370 e. The molecule has 0 aliphatic heterocycles. The van der Waals surface area contributed by atoms with Crippen molar-refractivity contribution in [3.63, 3.8) is 0 Å². The van der Waals surface area contributed by atoms with Gasteiger partial charge in [0, 0.05) is 30.1 Å². The second-order valence-corrected chi connectivity index (χ2v) is 3.24. The molecule has 80 valence electrons. The van der Waals surface area contributed by atoms with E-state index < -0.39 is 5.97 Å². The maximum atomic E-state index is 10.5. The molecule has 0 fully saturated rings. The SMILES string of the molecule is O=C(O)C[n+]1ccc(-c2cnccn2)cc1. The normalized spacial score (nSPS) is 10.0. The molecule has 2 rings (SSSR count). The Hall–Kier alpha value is -2.30. The van der Waals surface area contributed by atoms with Crippen LogP contribution in [0.15, 0.2) is 43.1 Å². The van der Waals surface area contributed by atoms with Gasteiger partial charge < -0.3 is 5.11 Å². The molecule has 2 aromatic rings. The molecule has 0 spiro atoms. The van der Waals surface area contributed by atoms with Crippen LogP contribution in [0.3, 0.4) is 0 Å². The summed E-state index contributed by atoms with van der Waals surface area (Å²) < 4.78 is 1.59. The van der Waals surface area contributed by atoms with E-state index in [9.17, 15) is 4.79 Å².